The topological polar surface area (TPSA) is 111 Å². The molecule has 6 aliphatic heterocycles. The molecule has 476 valence electrons. The molecule has 0 aromatic heterocycles. The molecular formula is C71H95N5O4S8. The van der Waals surface area contributed by atoms with Crippen molar-refractivity contribution in [2.75, 3.05) is 61.7 Å². The van der Waals surface area contributed by atoms with Crippen LogP contribution in [0.5, 0.6) is 0 Å². The Morgan fingerprint density at radius 2 is 1.00 bits per heavy atom. The molecule has 0 spiro atoms. The Bertz CT molecular complexity index is 2850. The van der Waals surface area contributed by atoms with Crippen LogP contribution in [-0.4, -0.2) is 115 Å². The number of benzene rings is 5. The fraction of sp³-hybridized carbons (Fsp3) is 0.577. The molecule has 0 radical (unpaired) electrons. The molecular weight excluding hydrogens is 1240 g/mol. The maximum atomic E-state index is 8.15. The molecule has 0 amide bonds. The lowest BCUT2D eigenvalue weighted by molar-refractivity contribution is -0.186. The normalized spacial score (nSPS) is 30.9. The van der Waals surface area contributed by atoms with Crippen LogP contribution in [-0.2, 0) is 25.4 Å². The Labute approximate surface area is 561 Å². The first-order chi connectivity index (χ1) is 43.1. The molecule has 3 unspecified atom stereocenters. The number of nitrogens with one attached hydrogen (secondary N) is 4. The number of nitrogens with two attached hydrogens (primary N) is 1. The summed E-state index contributed by atoms with van der Waals surface area (Å²) in [5.41, 5.74) is 15.0. The van der Waals surface area contributed by atoms with Crippen molar-refractivity contribution < 1.29 is 18.9 Å². The van der Waals surface area contributed by atoms with Gasteiger partial charge in [-0.05, 0) is 78.8 Å². The van der Waals surface area contributed by atoms with Crippen LogP contribution in [0.25, 0.3) is 0 Å². The Kier molecular flexibility index (Phi) is 24.1. The predicted octanol–water partition coefficient (Wildman–Crippen LogP) is 16.4. The summed E-state index contributed by atoms with van der Waals surface area (Å²) < 4.78 is 24.5. The average molecular weight is 1340 g/mol. The molecule has 1 saturated carbocycles. The van der Waals surface area contributed by atoms with Gasteiger partial charge in [0.1, 0.15) is 12.6 Å². The molecule has 9 atom stereocenters. The molecule has 1 aliphatic carbocycles. The smallest absolute Gasteiger partial charge is 0.206 e. The van der Waals surface area contributed by atoms with E-state index in [2.05, 4.69) is 218 Å². The van der Waals surface area contributed by atoms with Crippen LogP contribution in [0.1, 0.15) is 147 Å². The molecule has 12 rings (SSSR count). The second-order valence-corrected chi connectivity index (χ2v) is 37.2. The summed E-state index contributed by atoms with van der Waals surface area (Å²) >= 11 is 16.6. The second-order valence-electron chi connectivity index (χ2n) is 25.4. The van der Waals surface area contributed by atoms with Crippen molar-refractivity contribution in [2.45, 2.75) is 178 Å². The van der Waals surface area contributed by atoms with Crippen LogP contribution in [0.3, 0.4) is 0 Å². The third kappa shape index (κ3) is 16.4. The quantitative estimate of drug-likeness (QED) is 0.0338. The molecule has 0 bridgehead atoms. The summed E-state index contributed by atoms with van der Waals surface area (Å²) in [6.45, 7) is 8.19. The van der Waals surface area contributed by atoms with Gasteiger partial charge in [-0.3, -0.25) is 16.0 Å². The molecule has 9 nitrogen and oxygen atoms in total. The van der Waals surface area contributed by atoms with Gasteiger partial charge in [0.15, 0.2) is 10.5 Å². The Morgan fingerprint density at radius 3 is 1.56 bits per heavy atom. The van der Waals surface area contributed by atoms with E-state index in [-0.39, 0.29) is 34.9 Å². The van der Waals surface area contributed by atoms with E-state index in [1.165, 1.54) is 79.2 Å². The fourth-order valence-electron chi connectivity index (χ4n) is 14.0. The summed E-state index contributed by atoms with van der Waals surface area (Å²) in [5, 5.41) is 19.3. The second kappa shape index (κ2) is 31.9. The van der Waals surface area contributed by atoms with Crippen LogP contribution in [0.2, 0.25) is 0 Å². The molecule has 7 fully saturated rings. The van der Waals surface area contributed by atoms with Gasteiger partial charge in [-0.15, -0.1) is 94.1 Å². The van der Waals surface area contributed by atoms with E-state index >= 15 is 0 Å². The zero-order valence-electron chi connectivity index (χ0n) is 51.7. The number of hydrogen-bond acceptors (Lipinski definition) is 17. The summed E-state index contributed by atoms with van der Waals surface area (Å²) in [5.74, 6) is 4.61. The summed E-state index contributed by atoms with van der Waals surface area (Å²) in [6, 6.07) is 56.8. The van der Waals surface area contributed by atoms with Crippen LogP contribution >= 0.6 is 94.1 Å². The van der Waals surface area contributed by atoms with Crippen molar-refractivity contribution in [2.24, 2.45) is 11.7 Å². The molecule has 7 aliphatic rings. The molecule has 6 N–H and O–H groups in total. The van der Waals surface area contributed by atoms with Gasteiger partial charge in [0.05, 0.1) is 32.5 Å². The first-order valence-corrected chi connectivity index (χ1v) is 40.5. The average Bonchev–Trinajstić information content (AvgIpc) is 1.57. The Morgan fingerprint density at radius 1 is 0.511 bits per heavy atom. The highest BCUT2D eigenvalue weighted by Gasteiger charge is 2.63. The monoisotopic (exact) mass is 1340 g/mol. The van der Waals surface area contributed by atoms with E-state index in [9.17, 15) is 0 Å². The van der Waals surface area contributed by atoms with Crippen LogP contribution in [0.15, 0.2) is 152 Å². The molecule has 6 heterocycles. The van der Waals surface area contributed by atoms with E-state index in [1.54, 1.807) is 0 Å². The van der Waals surface area contributed by atoms with Gasteiger partial charge >= 0.3 is 0 Å². The van der Waals surface area contributed by atoms with Crippen LogP contribution in [0.4, 0.5) is 0 Å². The minimum atomic E-state index is -0.955. The fourth-order valence-corrected chi connectivity index (χ4v) is 28.5. The minimum Gasteiger partial charge on any atom is -0.350 e. The maximum Gasteiger partial charge on any atom is 0.206 e. The van der Waals surface area contributed by atoms with Gasteiger partial charge in [0, 0.05) is 81.4 Å². The predicted molar refractivity (Wildman–Crippen MR) is 385 cm³/mol. The molecule has 17 heteroatoms. The van der Waals surface area contributed by atoms with E-state index in [1.807, 2.05) is 47.0 Å². The standard InChI is InChI=1S/C71H95N5O4S8/c1-52(2)45-64(69(82-50-61(87-69)56-31-18-10-19-32-56)74-63(37-24-40-73-59-35-22-5-3-4-6-23-36-59)68(72)81-49-60(86-68)55-29-16-9-17-30-55)75-70(83-51-62(88-70)57-33-20-11-21-34-57)65(46-53-25-12-7-13-26-53)76-71(84-47-58(48-85-71)54-27-14-8-15-28-54)67(79-43-44-80-67)39-38-66-77-41-42-78-66/h7-21,25-34,52,58-66,73-76H,3-6,22-24,35-51,72H2,1-2H3/t58?,60?,61?,62?,63-,64-,65+,68+,69+,70-,71?/m0/s1. The zero-order chi connectivity index (χ0) is 60.1. The molecule has 5 aromatic carbocycles. The zero-order valence-corrected chi connectivity index (χ0v) is 58.2. The SMILES string of the molecule is CC(C)C[C@H](N[C@@]1([C@@H](Cc2ccccc2)NC2(C3(CCC4OCCO4)OCCO3)SCC(c3ccccc3)CS2)SCC(c2ccccc2)S1)[C@@]1(N[C@@H](CCCNC2CCCCCCCC2)[C@@]2(N)SCC(c3ccccc3)S2)SCC(c2ccccc2)S1. The van der Waals surface area contributed by atoms with E-state index in [0.29, 0.717) is 62.4 Å². The van der Waals surface area contributed by atoms with Gasteiger partial charge in [0.2, 0.25) is 5.79 Å². The van der Waals surface area contributed by atoms with E-state index < -0.39 is 22.6 Å². The largest absolute Gasteiger partial charge is 0.350 e. The lowest BCUT2D eigenvalue weighted by Gasteiger charge is -2.54. The summed E-state index contributed by atoms with van der Waals surface area (Å²) in [7, 11) is 0. The lowest BCUT2D eigenvalue weighted by Crippen LogP contribution is -2.71. The highest BCUT2D eigenvalue weighted by molar-refractivity contribution is 8.22. The van der Waals surface area contributed by atoms with Gasteiger partial charge < -0.3 is 30.0 Å². The lowest BCUT2D eigenvalue weighted by atomic mass is 9.99. The number of ether oxygens (including phenoxy) is 4. The number of rotatable bonds is 26. The highest BCUT2D eigenvalue weighted by Crippen LogP contribution is 2.63. The van der Waals surface area contributed by atoms with Crippen molar-refractivity contribution in [3.63, 3.8) is 0 Å². The minimum absolute atomic E-state index is 0.00453. The van der Waals surface area contributed by atoms with Gasteiger partial charge in [-0.1, -0.05) is 204 Å². The van der Waals surface area contributed by atoms with Crippen molar-refractivity contribution in [1.29, 1.82) is 0 Å². The maximum absolute atomic E-state index is 8.15. The van der Waals surface area contributed by atoms with Gasteiger partial charge in [0.25, 0.3) is 0 Å². The van der Waals surface area contributed by atoms with Crippen molar-refractivity contribution in [3.8, 4) is 0 Å². The van der Waals surface area contributed by atoms with Crippen molar-refractivity contribution in [1.82, 2.24) is 21.3 Å². The Hall–Kier alpha value is -1.46. The van der Waals surface area contributed by atoms with Crippen molar-refractivity contribution >= 4 is 94.1 Å². The Balaban J connectivity index is 0.952. The number of thioether (sulfide) groups is 8. The van der Waals surface area contributed by atoms with Crippen LogP contribution < -0.4 is 27.0 Å². The highest BCUT2D eigenvalue weighted by atomic mass is 32.2. The van der Waals surface area contributed by atoms with Crippen LogP contribution in [0, 0.1) is 5.92 Å². The van der Waals surface area contributed by atoms with E-state index in [0.717, 1.165) is 61.0 Å². The van der Waals surface area contributed by atoms with Gasteiger partial charge in [-0.2, -0.15) is 0 Å². The third-order valence-corrected chi connectivity index (χ3v) is 33.0. The van der Waals surface area contributed by atoms with Gasteiger partial charge in [-0.25, -0.2) is 0 Å². The summed E-state index contributed by atoms with van der Waals surface area (Å²) in [6.07, 6.45) is 15.6. The molecule has 5 aromatic rings. The molecule has 88 heavy (non-hydrogen) atoms. The summed E-state index contributed by atoms with van der Waals surface area (Å²) in [4.78, 5) is 0. The first-order valence-electron chi connectivity index (χ1n) is 32.9. The molecule has 6 saturated heterocycles. The third-order valence-electron chi connectivity index (χ3n) is 18.7. The first kappa shape index (κ1) is 66.6. The number of hydrogen-bond donors (Lipinski definition) is 5. The van der Waals surface area contributed by atoms with E-state index in [4.69, 9.17) is 40.6 Å². The van der Waals surface area contributed by atoms with Crippen molar-refractivity contribution in [3.05, 3.63) is 179 Å².